The first kappa shape index (κ1) is 10.4. The van der Waals surface area contributed by atoms with E-state index in [0.29, 0.717) is 5.52 Å². The van der Waals surface area contributed by atoms with E-state index >= 15 is 0 Å². The molecule has 2 rings (SSSR count). The fourth-order valence-electron chi connectivity index (χ4n) is 1.56. The van der Waals surface area contributed by atoms with Gasteiger partial charge in [-0.15, -0.1) is 0 Å². The summed E-state index contributed by atoms with van der Waals surface area (Å²) in [6.07, 6.45) is -0.138. The molecular formula is C10H10N2O4. The van der Waals surface area contributed by atoms with Crippen molar-refractivity contribution in [1.82, 2.24) is 9.97 Å². The van der Waals surface area contributed by atoms with Crippen LogP contribution in [0.1, 0.15) is 11.7 Å². The maximum Gasteiger partial charge on any atom is 0.337 e. The molecule has 0 aliphatic carbocycles. The van der Waals surface area contributed by atoms with Crippen LogP contribution in [0.15, 0.2) is 18.5 Å². The third-order valence-corrected chi connectivity index (χ3v) is 2.31. The van der Waals surface area contributed by atoms with Gasteiger partial charge in [0.2, 0.25) is 0 Å². The third kappa shape index (κ3) is 1.49. The maximum absolute atomic E-state index is 10.7. The molecule has 0 aliphatic heterocycles. The van der Waals surface area contributed by atoms with Crippen molar-refractivity contribution in [2.45, 2.75) is 6.10 Å². The highest BCUT2D eigenvalue weighted by Gasteiger charge is 2.22. The highest BCUT2D eigenvalue weighted by molar-refractivity contribution is 5.86. The predicted molar refractivity (Wildman–Crippen MR) is 55.2 cm³/mol. The number of imidazole rings is 1. The molecule has 3 N–H and O–H groups in total. The summed E-state index contributed by atoms with van der Waals surface area (Å²) in [6.45, 7) is 0. The Bertz CT molecular complexity index is 535. The van der Waals surface area contributed by atoms with Crippen molar-refractivity contribution in [3.05, 3.63) is 24.0 Å². The Hall–Kier alpha value is -2.08. The number of carboxylic acid groups (broad SMARTS) is 1. The molecule has 6 heteroatoms. The van der Waals surface area contributed by atoms with Gasteiger partial charge < -0.3 is 19.9 Å². The number of aliphatic carboxylic acids is 1. The number of aliphatic hydroxyl groups is 1. The lowest BCUT2D eigenvalue weighted by molar-refractivity contribution is -0.147. The Morgan fingerprint density at radius 1 is 1.56 bits per heavy atom. The number of aromatic amines is 1. The number of nitrogens with one attached hydrogen (secondary N) is 1. The summed E-state index contributed by atoms with van der Waals surface area (Å²) in [5.41, 5.74) is 1.41. The van der Waals surface area contributed by atoms with Gasteiger partial charge >= 0.3 is 5.97 Å². The Labute approximate surface area is 90.5 Å². The summed E-state index contributed by atoms with van der Waals surface area (Å²) in [5, 5.41) is 18.2. The van der Waals surface area contributed by atoms with E-state index in [-0.39, 0.29) is 11.3 Å². The van der Waals surface area contributed by atoms with Crippen molar-refractivity contribution in [3.63, 3.8) is 0 Å². The van der Waals surface area contributed by atoms with Gasteiger partial charge in [0.05, 0.1) is 19.0 Å². The van der Waals surface area contributed by atoms with Crippen LogP contribution in [0.2, 0.25) is 0 Å². The minimum atomic E-state index is -1.61. The third-order valence-electron chi connectivity index (χ3n) is 2.31. The number of aromatic nitrogens is 2. The second-order valence-corrected chi connectivity index (χ2v) is 3.23. The molecule has 0 spiro atoms. The summed E-state index contributed by atoms with van der Waals surface area (Å²) in [4.78, 5) is 17.6. The number of fused-ring (bicyclic) bond motifs is 1. The van der Waals surface area contributed by atoms with E-state index in [1.54, 1.807) is 6.07 Å². The van der Waals surface area contributed by atoms with Crippen LogP contribution in [0.25, 0.3) is 11.0 Å². The first-order valence-corrected chi connectivity index (χ1v) is 4.56. The largest absolute Gasteiger partial charge is 0.494 e. The van der Waals surface area contributed by atoms with E-state index in [1.165, 1.54) is 19.5 Å². The second kappa shape index (κ2) is 3.82. The van der Waals surface area contributed by atoms with Crippen LogP contribution in [0.4, 0.5) is 0 Å². The van der Waals surface area contributed by atoms with E-state index in [2.05, 4.69) is 9.97 Å². The van der Waals surface area contributed by atoms with Gasteiger partial charge in [0.15, 0.2) is 11.9 Å². The topological polar surface area (TPSA) is 95.4 Å². The molecule has 0 saturated carbocycles. The molecule has 84 valence electrons. The van der Waals surface area contributed by atoms with Crippen LogP contribution in [-0.4, -0.2) is 33.3 Å². The highest BCUT2D eigenvalue weighted by Crippen LogP contribution is 2.31. The normalized spacial score (nSPS) is 12.6. The first-order valence-electron chi connectivity index (χ1n) is 4.56. The average Bonchev–Trinajstić information content (AvgIpc) is 2.74. The molecule has 2 aromatic rings. The molecule has 1 heterocycles. The van der Waals surface area contributed by atoms with Gasteiger partial charge in [-0.25, -0.2) is 9.78 Å². The van der Waals surface area contributed by atoms with Crippen molar-refractivity contribution < 1.29 is 19.7 Å². The zero-order chi connectivity index (χ0) is 11.7. The molecule has 1 aromatic carbocycles. The van der Waals surface area contributed by atoms with E-state index in [4.69, 9.17) is 9.84 Å². The van der Waals surface area contributed by atoms with Crippen LogP contribution in [-0.2, 0) is 4.79 Å². The number of methoxy groups -OCH3 is 1. The molecule has 1 aromatic heterocycles. The molecule has 1 unspecified atom stereocenters. The number of rotatable bonds is 3. The van der Waals surface area contributed by atoms with Gasteiger partial charge in [0.1, 0.15) is 5.52 Å². The van der Waals surface area contributed by atoms with Crippen molar-refractivity contribution in [2.75, 3.05) is 7.11 Å². The van der Waals surface area contributed by atoms with Gasteiger partial charge in [-0.2, -0.15) is 0 Å². The zero-order valence-corrected chi connectivity index (χ0v) is 8.47. The number of hydrogen-bond acceptors (Lipinski definition) is 4. The number of benzene rings is 1. The number of aliphatic hydroxyl groups excluding tert-OH is 1. The lowest BCUT2D eigenvalue weighted by Crippen LogP contribution is -2.11. The Kier molecular flexibility index (Phi) is 2.49. The maximum atomic E-state index is 10.7. The smallest absolute Gasteiger partial charge is 0.337 e. The van der Waals surface area contributed by atoms with Gasteiger partial charge in [-0.1, -0.05) is 0 Å². The fraction of sp³-hybridized carbons (Fsp3) is 0.200. The van der Waals surface area contributed by atoms with E-state index in [9.17, 15) is 9.90 Å². The Balaban J connectivity index is 2.64. The van der Waals surface area contributed by atoms with Crippen molar-refractivity contribution >= 4 is 17.0 Å². The van der Waals surface area contributed by atoms with Crippen LogP contribution >= 0.6 is 0 Å². The van der Waals surface area contributed by atoms with Gasteiger partial charge in [-0.05, 0) is 12.1 Å². The quantitative estimate of drug-likeness (QED) is 0.710. The molecule has 6 nitrogen and oxygen atoms in total. The lowest BCUT2D eigenvalue weighted by atomic mass is 10.1. The molecule has 0 amide bonds. The van der Waals surface area contributed by atoms with Crippen molar-refractivity contribution in [2.24, 2.45) is 0 Å². The lowest BCUT2D eigenvalue weighted by Gasteiger charge is -2.11. The summed E-state index contributed by atoms with van der Waals surface area (Å²) in [6, 6.07) is 3.14. The van der Waals surface area contributed by atoms with Gasteiger partial charge in [-0.3, -0.25) is 0 Å². The number of H-pyrrole nitrogens is 1. The van der Waals surface area contributed by atoms with Gasteiger partial charge in [0.25, 0.3) is 0 Å². The zero-order valence-electron chi connectivity index (χ0n) is 8.47. The molecule has 1 atom stereocenters. The fourth-order valence-corrected chi connectivity index (χ4v) is 1.56. The molecule has 0 bridgehead atoms. The molecule has 16 heavy (non-hydrogen) atoms. The minimum Gasteiger partial charge on any atom is -0.494 e. The Morgan fingerprint density at radius 3 is 2.94 bits per heavy atom. The van der Waals surface area contributed by atoms with Crippen LogP contribution in [0.5, 0.6) is 5.75 Å². The molecule has 0 saturated heterocycles. The van der Waals surface area contributed by atoms with E-state index in [1.807, 2.05) is 0 Å². The van der Waals surface area contributed by atoms with Crippen LogP contribution in [0.3, 0.4) is 0 Å². The standard InChI is InChI=1S/C10H10N2O4/c1-16-9-5(8(13)10(14)15)2-3-6-7(9)12-4-11-6/h2-4,8,13H,1H3,(H,11,12)(H,14,15). The summed E-state index contributed by atoms with van der Waals surface area (Å²) < 4.78 is 5.08. The average molecular weight is 222 g/mol. The van der Waals surface area contributed by atoms with Crippen molar-refractivity contribution in [1.29, 1.82) is 0 Å². The van der Waals surface area contributed by atoms with Crippen LogP contribution < -0.4 is 4.74 Å². The second-order valence-electron chi connectivity index (χ2n) is 3.23. The first-order chi connectivity index (χ1) is 7.65. The van der Waals surface area contributed by atoms with E-state index in [0.717, 1.165) is 5.52 Å². The number of ether oxygens (including phenoxy) is 1. The Morgan fingerprint density at radius 2 is 2.31 bits per heavy atom. The predicted octanol–water partition coefficient (Wildman–Crippen LogP) is 0.690. The number of nitrogens with zero attached hydrogens (tertiary/aromatic N) is 1. The molecule has 0 fully saturated rings. The monoisotopic (exact) mass is 222 g/mol. The highest BCUT2D eigenvalue weighted by atomic mass is 16.5. The van der Waals surface area contributed by atoms with Crippen molar-refractivity contribution in [3.8, 4) is 5.75 Å². The summed E-state index contributed by atoms with van der Waals surface area (Å²) in [7, 11) is 1.40. The van der Waals surface area contributed by atoms with Crippen LogP contribution in [0, 0.1) is 0 Å². The minimum absolute atomic E-state index is 0.189. The summed E-state index contributed by atoms with van der Waals surface area (Å²) >= 11 is 0. The summed E-state index contributed by atoms with van der Waals surface area (Å²) in [5.74, 6) is -1.05. The molecule has 0 aliphatic rings. The van der Waals surface area contributed by atoms with Gasteiger partial charge in [0, 0.05) is 5.56 Å². The SMILES string of the molecule is COc1c(C(O)C(=O)O)ccc2[nH]cnc12. The number of carbonyl (C=O) groups is 1. The number of carboxylic acids is 1. The molecule has 0 radical (unpaired) electrons. The number of hydrogen-bond donors (Lipinski definition) is 3. The molecular weight excluding hydrogens is 212 g/mol. The van der Waals surface area contributed by atoms with E-state index < -0.39 is 12.1 Å².